The maximum absolute atomic E-state index is 11.4. The molecule has 4 aromatic rings. The number of pyridine rings is 1. The third kappa shape index (κ3) is 4.26. The summed E-state index contributed by atoms with van der Waals surface area (Å²) < 4.78 is 24.9. The molecule has 8 nitrogen and oxygen atoms in total. The Balaban J connectivity index is 1.50. The van der Waals surface area contributed by atoms with Gasteiger partial charge < -0.3 is 15.0 Å². The molecule has 0 unspecified atom stereocenters. The molecule has 4 heterocycles. The van der Waals surface area contributed by atoms with Gasteiger partial charge in [0.05, 0.1) is 22.7 Å². The predicted octanol–water partition coefficient (Wildman–Crippen LogP) is 3.46. The highest BCUT2D eigenvalue weighted by Crippen LogP contribution is 2.41. The molecule has 0 bridgehead atoms. The molecular weight excluding hydrogens is 462 g/mol. The fourth-order valence-electron chi connectivity index (χ4n) is 4.29. The molecule has 0 saturated carbocycles. The Morgan fingerprint density at radius 2 is 2.06 bits per heavy atom. The van der Waals surface area contributed by atoms with Crippen molar-refractivity contribution in [1.82, 2.24) is 19.5 Å². The molecular formula is C23H22ClN5O3S. The van der Waals surface area contributed by atoms with Crippen LogP contribution in [0.5, 0.6) is 5.75 Å². The Kier molecular flexibility index (Phi) is 5.46. The fourth-order valence-corrected chi connectivity index (χ4v) is 4.95. The largest absolute Gasteiger partial charge is 0.505 e. The van der Waals surface area contributed by atoms with Crippen molar-refractivity contribution in [2.75, 3.05) is 23.9 Å². The number of aromatic hydroxyl groups is 1. The summed E-state index contributed by atoms with van der Waals surface area (Å²) in [6.45, 7) is 1.02. The van der Waals surface area contributed by atoms with Gasteiger partial charge in [-0.25, -0.2) is 23.4 Å². The Morgan fingerprint density at radius 1 is 1.21 bits per heavy atom. The van der Waals surface area contributed by atoms with Crippen LogP contribution >= 0.6 is 11.6 Å². The van der Waals surface area contributed by atoms with E-state index in [4.69, 9.17) is 11.6 Å². The molecule has 0 saturated heterocycles. The van der Waals surface area contributed by atoms with E-state index >= 15 is 0 Å². The maximum Gasteiger partial charge on any atom is 0.223 e. The number of aromatic nitrogens is 4. The number of hydrogen-bond acceptors (Lipinski definition) is 7. The summed E-state index contributed by atoms with van der Waals surface area (Å²) in [6.07, 6.45) is 5.83. The summed E-state index contributed by atoms with van der Waals surface area (Å²) >= 11 is 6.26. The second kappa shape index (κ2) is 8.31. The monoisotopic (exact) mass is 483 g/mol. The van der Waals surface area contributed by atoms with Gasteiger partial charge in [0.1, 0.15) is 20.7 Å². The Hall–Kier alpha value is -3.17. The maximum atomic E-state index is 11.4. The van der Waals surface area contributed by atoms with Gasteiger partial charge in [-0.3, -0.25) is 0 Å². The van der Waals surface area contributed by atoms with Crippen LogP contribution in [0.4, 0.5) is 5.95 Å². The van der Waals surface area contributed by atoms with Crippen molar-refractivity contribution < 1.29 is 13.5 Å². The van der Waals surface area contributed by atoms with Crippen LogP contribution < -0.4 is 5.32 Å². The fraction of sp³-hybridized carbons (Fsp3) is 0.261. The van der Waals surface area contributed by atoms with E-state index in [1.54, 1.807) is 18.5 Å². The number of anilines is 1. The summed E-state index contributed by atoms with van der Waals surface area (Å²) in [5.74, 6) is 0.608. The van der Waals surface area contributed by atoms with Crippen LogP contribution in [0.25, 0.3) is 22.2 Å². The van der Waals surface area contributed by atoms with Crippen LogP contribution in [0.15, 0.2) is 42.7 Å². The van der Waals surface area contributed by atoms with Gasteiger partial charge in [-0.2, -0.15) is 0 Å². The molecule has 1 aromatic carbocycles. The lowest BCUT2D eigenvalue weighted by molar-refractivity contribution is 0.470. The zero-order chi connectivity index (χ0) is 23.2. The zero-order valence-electron chi connectivity index (χ0n) is 17.9. The summed E-state index contributed by atoms with van der Waals surface area (Å²) in [7, 11) is -3.07. The summed E-state index contributed by atoms with van der Waals surface area (Å²) in [5.41, 5.74) is 5.43. The first-order valence-corrected chi connectivity index (χ1v) is 13.0. The Labute approximate surface area is 196 Å². The average molecular weight is 484 g/mol. The number of hydrogen-bond donors (Lipinski definition) is 2. The van der Waals surface area contributed by atoms with E-state index in [2.05, 4.69) is 30.9 Å². The molecule has 0 radical (unpaired) electrons. The number of nitrogens with one attached hydrogen (secondary N) is 1. The standard InChI is InChI=1S/C23H22ClN5O3S/c1-33(31,32)10-8-27-23-26-7-4-18(28-23)16-11-14-5-9-29-19(21(30)17(12-16)20(14)29)13-15-3-2-6-25-22(15)24/h2-4,6-7,11-12,30H,5,8-10,13H2,1H3,(H,26,27,28). The van der Waals surface area contributed by atoms with Gasteiger partial charge in [0.15, 0.2) is 0 Å². The molecule has 1 aliphatic heterocycles. The lowest BCUT2D eigenvalue weighted by Crippen LogP contribution is -2.15. The van der Waals surface area contributed by atoms with E-state index in [-0.39, 0.29) is 18.0 Å². The van der Waals surface area contributed by atoms with Crippen LogP contribution in [0.2, 0.25) is 5.15 Å². The topological polar surface area (TPSA) is 110 Å². The molecule has 2 N–H and O–H groups in total. The molecule has 0 aliphatic carbocycles. The van der Waals surface area contributed by atoms with Gasteiger partial charge in [0.2, 0.25) is 5.95 Å². The van der Waals surface area contributed by atoms with Crippen LogP contribution in [-0.4, -0.2) is 51.6 Å². The Bertz CT molecular complexity index is 1480. The van der Waals surface area contributed by atoms with E-state index in [0.29, 0.717) is 23.2 Å². The average Bonchev–Trinajstić information content (AvgIpc) is 3.31. The Morgan fingerprint density at radius 3 is 2.85 bits per heavy atom. The highest BCUT2D eigenvalue weighted by atomic mass is 35.5. The van der Waals surface area contributed by atoms with E-state index in [1.165, 1.54) is 6.26 Å². The lowest BCUT2D eigenvalue weighted by atomic mass is 10.0. The number of rotatable bonds is 7. The van der Waals surface area contributed by atoms with E-state index in [9.17, 15) is 13.5 Å². The van der Waals surface area contributed by atoms with Crippen LogP contribution in [-0.2, 0) is 29.2 Å². The first kappa shape index (κ1) is 21.7. The van der Waals surface area contributed by atoms with Crippen LogP contribution in [0, 0.1) is 0 Å². The van der Waals surface area contributed by atoms with Crippen molar-refractivity contribution in [1.29, 1.82) is 0 Å². The van der Waals surface area contributed by atoms with E-state index < -0.39 is 9.84 Å². The SMILES string of the molecule is CS(=O)(=O)CCNc1nccc(-c2cc3c4c(c2)c(O)c(Cc2cccnc2Cl)n4CC3)n1. The minimum atomic E-state index is -3.07. The number of sulfone groups is 1. The normalized spacial score (nSPS) is 13.0. The minimum absolute atomic E-state index is 0.00180. The third-order valence-corrected chi connectivity index (χ3v) is 7.11. The second-order valence-electron chi connectivity index (χ2n) is 8.18. The van der Waals surface area contributed by atoms with Crippen LogP contribution in [0.1, 0.15) is 16.8 Å². The lowest BCUT2D eigenvalue weighted by Gasteiger charge is -2.08. The highest BCUT2D eigenvalue weighted by Gasteiger charge is 2.25. The van der Waals surface area contributed by atoms with Gasteiger partial charge >= 0.3 is 0 Å². The highest BCUT2D eigenvalue weighted by molar-refractivity contribution is 7.90. The molecule has 5 rings (SSSR count). The van der Waals surface area contributed by atoms with E-state index in [0.717, 1.165) is 46.3 Å². The van der Waals surface area contributed by atoms with Gasteiger partial charge in [-0.1, -0.05) is 17.7 Å². The van der Waals surface area contributed by atoms with Crippen molar-refractivity contribution in [3.8, 4) is 17.0 Å². The number of nitrogens with zero attached hydrogens (tertiary/aromatic N) is 4. The van der Waals surface area contributed by atoms with Crippen molar-refractivity contribution in [2.45, 2.75) is 19.4 Å². The van der Waals surface area contributed by atoms with E-state index in [1.807, 2.05) is 18.2 Å². The molecule has 3 aromatic heterocycles. The molecule has 170 valence electrons. The molecule has 33 heavy (non-hydrogen) atoms. The molecule has 10 heteroatoms. The molecule has 0 fully saturated rings. The second-order valence-corrected chi connectivity index (χ2v) is 10.8. The zero-order valence-corrected chi connectivity index (χ0v) is 19.5. The van der Waals surface area contributed by atoms with Gasteiger partial charge in [-0.15, -0.1) is 0 Å². The molecule has 1 aliphatic rings. The van der Waals surface area contributed by atoms with Crippen LogP contribution in [0.3, 0.4) is 0 Å². The first-order chi connectivity index (χ1) is 15.8. The third-order valence-electron chi connectivity index (χ3n) is 5.82. The summed E-state index contributed by atoms with van der Waals surface area (Å²) in [5, 5.41) is 15.3. The molecule has 0 amide bonds. The minimum Gasteiger partial charge on any atom is -0.505 e. The van der Waals surface area contributed by atoms with Gasteiger partial charge in [0.25, 0.3) is 0 Å². The van der Waals surface area contributed by atoms with Crippen molar-refractivity contribution in [2.24, 2.45) is 0 Å². The van der Waals surface area contributed by atoms with Gasteiger partial charge in [-0.05, 0) is 41.8 Å². The first-order valence-electron chi connectivity index (χ1n) is 10.5. The summed E-state index contributed by atoms with van der Waals surface area (Å²) in [6, 6.07) is 9.59. The van der Waals surface area contributed by atoms with Crippen molar-refractivity contribution in [3.63, 3.8) is 0 Å². The number of benzene rings is 1. The van der Waals surface area contributed by atoms with Crippen molar-refractivity contribution in [3.05, 3.63) is 64.7 Å². The summed E-state index contributed by atoms with van der Waals surface area (Å²) in [4.78, 5) is 12.9. The molecule has 0 spiro atoms. The number of aryl methyl sites for hydroxylation is 2. The number of halogens is 1. The quantitative estimate of drug-likeness (QED) is 0.387. The van der Waals surface area contributed by atoms with Crippen molar-refractivity contribution >= 4 is 38.3 Å². The predicted molar refractivity (Wildman–Crippen MR) is 129 cm³/mol. The molecule has 0 atom stereocenters. The van der Waals surface area contributed by atoms with Gasteiger partial charge in [0, 0.05) is 49.1 Å². The smallest absolute Gasteiger partial charge is 0.223 e.